The molecular weight excluding hydrogens is 362 g/mol. The van der Waals surface area contributed by atoms with Crippen molar-refractivity contribution >= 4 is 28.9 Å². The van der Waals surface area contributed by atoms with Gasteiger partial charge in [0.05, 0.1) is 25.1 Å². The lowest BCUT2D eigenvalue weighted by Crippen LogP contribution is -2.40. The van der Waals surface area contributed by atoms with Crippen LogP contribution in [0.2, 0.25) is 0 Å². The van der Waals surface area contributed by atoms with E-state index in [2.05, 4.69) is 16.0 Å². The third-order valence-corrected chi connectivity index (χ3v) is 5.21. The number of nitrogens with one attached hydrogen (secondary N) is 3. The molecule has 0 radical (unpaired) electrons. The van der Waals surface area contributed by atoms with Crippen molar-refractivity contribution in [3.8, 4) is 11.5 Å². The minimum absolute atomic E-state index is 0.114. The number of phenols is 1. The van der Waals surface area contributed by atoms with Crippen molar-refractivity contribution < 1.29 is 24.2 Å². The normalized spacial score (nSPS) is 21.8. The number of carbonyl (C=O) groups is 2. The number of hydrogen-bond donors (Lipinski definition) is 4. The molecule has 0 spiro atoms. The number of anilines is 3. The molecule has 2 aromatic carbocycles. The molecule has 0 bridgehead atoms. The average molecular weight is 383 g/mol. The Morgan fingerprint density at radius 1 is 1.18 bits per heavy atom. The monoisotopic (exact) mass is 383 g/mol. The van der Waals surface area contributed by atoms with E-state index in [1.54, 1.807) is 44.2 Å². The molecule has 2 heterocycles. The van der Waals surface area contributed by atoms with Crippen LogP contribution in [0.4, 0.5) is 17.1 Å². The van der Waals surface area contributed by atoms with Crippen LogP contribution >= 0.6 is 0 Å². The summed E-state index contributed by atoms with van der Waals surface area (Å²) in [6.45, 7) is 3.48. The highest BCUT2D eigenvalue weighted by Crippen LogP contribution is 2.47. The fourth-order valence-electron chi connectivity index (χ4n) is 3.64. The highest BCUT2D eigenvalue weighted by molar-refractivity contribution is 6.19. The summed E-state index contributed by atoms with van der Waals surface area (Å²) in [7, 11) is 1.54. The Kier molecular flexibility index (Phi) is 4.06. The first-order chi connectivity index (χ1) is 13.4. The quantitative estimate of drug-likeness (QED) is 0.475. The van der Waals surface area contributed by atoms with Crippen molar-refractivity contribution in [2.45, 2.75) is 25.4 Å². The number of esters is 1. The Morgan fingerprint density at radius 2 is 1.89 bits per heavy atom. The molecule has 0 aromatic heterocycles. The molecule has 0 aliphatic carbocycles. The predicted octanol–water partition coefficient (Wildman–Crippen LogP) is 2.71. The van der Waals surface area contributed by atoms with Gasteiger partial charge >= 0.3 is 5.97 Å². The fraction of sp³-hybridized carbons (Fsp3) is 0.300. The molecule has 2 aromatic rings. The maximum absolute atomic E-state index is 12.5. The summed E-state index contributed by atoms with van der Waals surface area (Å²) in [4.78, 5) is 25.0. The van der Waals surface area contributed by atoms with Crippen LogP contribution in [0.1, 0.15) is 31.1 Å². The summed E-state index contributed by atoms with van der Waals surface area (Å²) in [6, 6.07) is 8.48. The number of benzene rings is 2. The van der Waals surface area contributed by atoms with Gasteiger partial charge in [-0.15, -0.1) is 0 Å². The van der Waals surface area contributed by atoms with Gasteiger partial charge in [0.25, 0.3) is 0 Å². The van der Waals surface area contributed by atoms with E-state index in [0.717, 1.165) is 16.9 Å². The molecule has 0 saturated carbocycles. The molecule has 4 rings (SSSR count). The van der Waals surface area contributed by atoms with Gasteiger partial charge in [-0.2, -0.15) is 0 Å². The van der Waals surface area contributed by atoms with E-state index in [0.29, 0.717) is 17.0 Å². The predicted molar refractivity (Wildman–Crippen MR) is 104 cm³/mol. The molecule has 2 atom stereocenters. The lowest BCUT2D eigenvalue weighted by Gasteiger charge is -2.20. The number of amides is 1. The SMILES string of the molecule is CCOC(=O)C1(C)C(=O)Nc2cc3c(cc21)NC(c1ccc(O)cc1OC)N3. The molecule has 2 aliphatic rings. The molecule has 2 aliphatic heterocycles. The van der Waals surface area contributed by atoms with Gasteiger partial charge in [0, 0.05) is 22.9 Å². The first-order valence-electron chi connectivity index (χ1n) is 8.95. The summed E-state index contributed by atoms with van der Waals surface area (Å²) in [5.74, 6) is -0.326. The summed E-state index contributed by atoms with van der Waals surface area (Å²) < 4.78 is 10.5. The average Bonchev–Trinajstić information content (AvgIpc) is 3.19. The van der Waals surface area contributed by atoms with Gasteiger partial charge in [-0.1, -0.05) is 0 Å². The second kappa shape index (κ2) is 6.33. The number of methoxy groups -OCH3 is 1. The Labute approximate surface area is 161 Å². The van der Waals surface area contributed by atoms with Gasteiger partial charge in [-0.25, -0.2) is 0 Å². The molecule has 2 unspecified atom stereocenters. The van der Waals surface area contributed by atoms with Gasteiger partial charge in [0.15, 0.2) is 5.41 Å². The topological polar surface area (TPSA) is 109 Å². The number of hydrogen-bond acceptors (Lipinski definition) is 7. The molecule has 28 heavy (non-hydrogen) atoms. The van der Waals surface area contributed by atoms with E-state index in [1.165, 1.54) is 7.11 Å². The Morgan fingerprint density at radius 3 is 2.57 bits per heavy atom. The molecule has 8 nitrogen and oxygen atoms in total. The minimum Gasteiger partial charge on any atom is -0.508 e. The van der Waals surface area contributed by atoms with Crippen molar-refractivity contribution in [2.24, 2.45) is 0 Å². The largest absolute Gasteiger partial charge is 0.508 e. The van der Waals surface area contributed by atoms with Crippen LogP contribution in [0, 0.1) is 0 Å². The third kappa shape index (κ3) is 2.52. The van der Waals surface area contributed by atoms with Gasteiger partial charge in [-0.3, -0.25) is 9.59 Å². The van der Waals surface area contributed by atoms with Crippen LogP contribution in [-0.2, 0) is 19.7 Å². The standard InChI is InChI=1S/C20H21N3O5/c1-4-28-19(26)20(2)12-8-14-15(9-13(12)23-18(20)25)22-17(21-14)11-6-5-10(24)7-16(11)27-3/h5-9,17,21-22,24H,4H2,1-3H3,(H,23,25). The van der Waals surface area contributed by atoms with Crippen molar-refractivity contribution in [3.05, 3.63) is 41.5 Å². The van der Waals surface area contributed by atoms with Crippen molar-refractivity contribution in [1.82, 2.24) is 0 Å². The van der Waals surface area contributed by atoms with Crippen LogP contribution in [0.25, 0.3) is 0 Å². The Balaban J connectivity index is 1.70. The zero-order valence-electron chi connectivity index (χ0n) is 15.8. The van der Waals surface area contributed by atoms with Crippen molar-refractivity contribution in [3.63, 3.8) is 0 Å². The summed E-state index contributed by atoms with van der Waals surface area (Å²) in [5, 5.41) is 19.1. The van der Waals surface area contributed by atoms with E-state index in [9.17, 15) is 14.7 Å². The van der Waals surface area contributed by atoms with Crippen LogP contribution in [-0.4, -0.2) is 30.7 Å². The van der Waals surface area contributed by atoms with Gasteiger partial charge in [-0.05, 0) is 38.1 Å². The summed E-state index contributed by atoms with van der Waals surface area (Å²) >= 11 is 0. The smallest absolute Gasteiger partial charge is 0.326 e. The highest BCUT2D eigenvalue weighted by Gasteiger charge is 2.51. The van der Waals surface area contributed by atoms with Crippen LogP contribution < -0.4 is 20.7 Å². The van der Waals surface area contributed by atoms with E-state index in [1.807, 2.05) is 0 Å². The molecule has 146 valence electrons. The van der Waals surface area contributed by atoms with Gasteiger partial charge in [0.1, 0.15) is 17.7 Å². The fourth-order valence-corrected chi connectivity index (χ4v) is 3.64. The number of fused-ring (bicyclic) bond motifs is 2. The van der Waals surface area contributed by atoms with Gasteiger partial charge in [0.2, 0.25) is 5.91 Å². The molecule has 0 saturated heterocycles. The third-order valence-electron chi connectivity index (χ3n) is 5.21. The van der Waals surface area contributed by atoms with Crippen molar-refractivity contribution in [2.75, 3.05) is 29.7 Å². The highest BCUT2D eigenvalue weighted by atomic mass is 16.5. The Bertz CT molecular complexity index is 990. The molecular formula is C20H21N3O5. The molecule has 1 amide bonds. The van der Waals surface area contributed by atoms with Crippen LogP contribution in [0.15, 0.2) is 30.3 Å². The number of rotatable bonds is 4. The van der Waals surface area contributed by atoms with E-state index in [-0.39, 0.29) is 18.5 Å². The maximum Gasteiger partial charge on any atom is 0.326 e. The van der Waals surface area contributed by atoms with E-state index in [4.69, 9.17) is 9.47 Å². The summed E-state index contributed by atoms with van der Waals surface area (Å²) in [6.07, 6.45) is -0.294. The minimum atomic E-state index is -1.39. The summed E-state index contributed by atoms with van der Waals surface area (Å²) in [5.41, 5.74) is 2.11. The van der Waals surface area contributed by atoms with E-state index >= 15 is 0 Å². The first kappa shape index (κ1) is 18.0. The van der Waals surface area contributed by atoms with Crippen molar-refractivity contribution in [1.29, 1.82) is 0 Å². The zero-order chi connectivity index (χ0) is 20.1. The van der Waals surface area contributed by atoms with Crippen LogP contribution in [0.5, 0.6) is 11.5 Å². The number of aromatic hydroxyl groups is 1. The second-order valence-electron chi connectivity index (χ2n) is 6.89. The lowest BCUT2D eigenvalue weighted by molar-refractivity contribution is -0.152. The maximum atomic E-state index is 12.5. The molecule has 8 heteroatoms. The van der Waals surface area contributed by atoms with Crippen LogP contribution in [0.3, 0.4) is 0 Å². The van der Waals surface area contributed by atoms with Gasteiger partial charge < -0.3 is 30.5 Å². The lowest BCUT2D eigenvalue weighted by atomic mass is 9.83. The first-order valence-corrected chi connectivity index (χ1v) is 8.95. The molecule has 0 fully saturated rings. The van der Waals surface area contributed by atoms with E-state index < -0.39 is 17.3 Å². The zero-order valence-corrected chi connectivity index (χ0v) is 15.8. The Hall–Kier alpha value is -3.42. The number of phenolic OH excluding ortho intramolecular Hbond substituents is 1. The number of carbonyl (C=O) groups excluding carboxylic acids is 2. The molecule has 4 N–H and O–H groups in total. The second-order valence-corrected chi connectivity index (χ2v) is 6.89. The number of ether oxygens (including phenoxy) is 2.